The van der Waals surface area contributed by atoms with Crippen LogP contribution in [-0.2, 0) is 11.2 Å². The molecule has 2 heterocycles. The lowest BCUT2D eigenvalue weighted by Gasteiger charge is -2.26. The molecule has 2 rings (SSSR count). The number of pyridine rings is 1. The van der Waals surface area contributed by atoms with E-state index in [0.717, 1.165) is 38.4 Å². The second kappa shape index (κ2) is 6.71. The van der Waals surface area contributed by atoms with Gasteiger partial charge in [0.25, 0.3) is 0 Å². The highest BCUT2D eigenvalue weighted by Crippen LogP contribution is 2.20. The third-order valence-electron chi connectivity index (χ3n) is 3.41. The zero-order valence-corrected chi connectivity index (χ0v) is 11.1. The maximum atomic E-state index is 5.71. The molecule has 1 aliphatic heterocycles. The predicted octanol–water partition coefficient (Wildman–Crippen LogP) is 1.59. The molecule has 0 radical (unpaired) electrons. The Kier molecular flexibility index (Phi) is 4.96. The largest absolute Gasteiger partial charge is 0.376 e. The molecule has 0 aromatic carbocycles. The number of hydrogen-bond acceptors (Lipinski definition) is 4. The quantitative estimate of drug-likeness (QED) is 0.832. The van der Waals surface area contributed by atoms with E-state index in [1.165, 1.54) is 12.0 Å². The van der Waals surface area contributed by atoms with Gasteiger partial charge in [-0.15, -0.1) is 0 Å². The number of nitrogens with zero attached hydrogens (tertiary/aromatic N) is 2. The Bertz CT molecular complexity index is 364. The van der Waals surface area contributed by atoms with Crippen molar-refractivity contribution in [3.05, 3.63) is 23.9 Å². The van der Waals surface area contributed by atoms with Gasteiger partial charge in [-0.1, -0.05) is 6.07 Å². The van der Waals surface area contributed by atoms with Crippen LogP contribution in [0.2, 0.25) is 0 Å². The van der Waals surface area contributed by atoms with E-state index < -0.39 is 0 Å². The standard InChI is InChI=1S/C14H23N3O/c1-2-17(11-13-6-4-10-18-13)14-12(7-8-15)5-3-9-16-14/h3,5,9,13H,2,4,6-8,10-11,15H2,1H3. The van der Waals surface area contributed by atoms with Crippen molar-refractivity contribution in [3.63, 3.8) is 0 Å². The summed E-state index contributed by atoms with van der Waals surface area (Å²) in [5.41, 5.74) is 6.90. The van der Waals surface area contributed by atoms with E-state index in [1.807, 2.05) is 12.3 Å². The summed E-state index contributed by atoms with van der Waals surface area (Å²) in [6, 6.07) is 4.10. The molecule has 0 amide bonds. The molecule has 1 aliphatic rings. The summed E-state index contributed by atoms with van der Waals surface area (Å²) in [6.07, 6.45) is 5.44. The summed E-state index contributed by atoms with van der Waals surface area (Å²) in [7, 11) is 0. The average Bonchev–Trinajstić information content (AvgIpc) is 2.90. The lowest BCUT2D eigenvalue weighted by molar-refractivity contribution is 0.115. The predicted molar refractivity (Wildman–Crippen MR) is 73.9 cm³/mol. The van der Waals surface area contributed by atoms with Crippen molar-refractivity contribution in [2.24, 2.45) is 5.73 Å². The number of aromatic nitrogens is 1. The molecule has 1 aromatic rings. The first-order valence-corrected chi connectivity index (χ1v) is 6.85. The van der Waals surface area contributed by atoms with Crippen molar-refractivity contribution in [3.8, 4) is 0 Å². The number of nitrogens with two attached hydrogens (primary N) is 1. The number of likely N-dealkylation sites (N-methyl/N-ethyl adjacent to an activating group) is 1. The van der Waals surface area contributed by atoms with Gasteiger partial charge in [0, 0.05) is 25.9 Å². The van der Waals surface area contributed by atoms with E-state index in [-0.39, 0.29) is 0 Å². The van der Waals surface area contributed by atoms with E-state index in [9.17, 15) is 0 Å². The monoisotopic (exact) mass is 249 g/mol. The molecule has 1 unspecified atom stereocenters. The van der Waals surface area contributed by atoms with Crippen LogP contribution in [0.15, 0.2) is 18.3 Å². The normalized spacial score (nSPS) is 19.1. The first-order chi connectivity index (χ1) is 8.85. The third kappa shape index (κ3) is 3.21. The van der Waals surface area contributed by atoms with Crippen LogP contribution in [0.5, 0.6) is 0 Å². The lowest BCUT2D eigenvalue weighted by atomic mass is 10.1. The fourth-order valence-corrected chi connectivity index (χ4v) is 2.47. The Balaban J connectivity index is 2.10. The van der Waals surface area contributed by atoms with Crippen LogP contribution < -0.4 is 10.6 Å². The molecule has 100 valence electrons. The second-order valence-corrected chi connectivity index (χ2v) is 4.70. The van der Waals surface area contributed by atoms with Gasteiger partial charge in [-0.3, -0.25) is 0 Å². The zero-order chi connectivity index (χ0) is 12.8. The minimum Gasteiger partial charge on any atom is -0.376 e. The minimum atomic E-state index is 0.359. The molecule has 4 heteroatoms. The third-order valence-corrected chi connectivity index (χ3v) is 3.41. The summed E-state index contributed by atoms with van der Waals surface area (Å²) >= 11 is 0. The Hall–Kier alpha value is -1.13. The van der Waals surface area contributed by atoms with Crippen molar-refractivity contribution >= 4 is 5.82 Å². The van der Waals surface area contributed by atoms with E-state index >= 15 is 0 Å². The highest BCUT2D eigenvalue weighted by Gasteiger charge is 2.20. The molecule has 0 bridgehead atoms. The summed E-state index contributed by atoms with van der Waals surface area (Å²) in [5.74, 6) is 1.07. The SMILES string of the molecule is CCN(CC1CCCO1)c1ncccc1CCN. The van der Waals surface area contributed by atoms with Gasteiger partial charge >= 0.3 is 0 Å². The average molecular weight is 249 g/mol. The van der Waals surface area contributed by atoms with E-state index in [1.54, 1.807) is 0 Å². The first kappa shape index (κ1) is 13.3. The number of rotatable bonds is 6. The van der Waals surface area contributed by atoms with Gasteiger partial charge in [-0.25, -0.2) is 4.98 Å². The van der Waals surface area contributed by atoms with E-state index in [4.69, 9.17) is 10.5 Å². The highest BCUT2D eigenvalue weighted by atomic mass is 16.5. The van der Waals surface area contributed by atoms with E-state index in [0.29, 0.717) is 12.6 Å². The summed E-state index contributed by atoms with van der Waals surface area (Å²) < 4.78 is 5.71. The van der Waals surface area contributed by atoms with Crippen molar-refractivity contribution in [1.82, 2.24) is 4.98 Å². The zero-order valence-electron chi connectivity index (χ0n) is 11.1. The molecular formula is C14H23N3O. The molecular weight excluding hydrogens is 226 g/mol. The molecule has 1 fully saturated rings. The Morgan fingerprint density at radius 2 is 2.44 bits per heavy atom. The van der Waals surface area contributed by atoms with Gasteiger partial charge < -0.3 is 15.4 Å². The number of ether oxygens (including phenoxy) is 1. The van der Waals surface area contributed by atoms with Gasteiger partial charge in [0.05, 0.1) is 6.10 Å². The molecule has 0 saturated carbocycles. The first-order valence-electron chi connectivity index (χ1n) is 6.85. The number of anilines is 1. The van der Waals surface area contributed by atoms with E-state index in [2.05, 4.69) is 22.9 Å². The smallest absolute Gasteiger partial charge is 0.131 e. The fourth-order valence-electron chi connectivity index (χ4n) is 2.47. The van der Waals surface area contributed by atoms with Gasteiger partial charge in [0.1, 0.15) is 5.82 Å². The summed E-state index contributed by atoms with van der Waals surface area (Å²) in [4.78, 5) is 6.83. The Labute approximate surface area is 109 Å². The minimum absolute atomic E-state index is 0.359. The summed E-state index contributed by atoms with van der Waals surface area (Å²) in [6.45, 7) is 5.62. The van der Waals surface area contributed by atoms with Crippen LogP contribution in [0.25, 0.3) is 0 Å². The molecule has 1 saturated heterocycles. The molecule has 0 aliphatic carbocycles. The molecule has 2 N–H and O–H groups in total. The molecule has 18 heavy (non-hydrogen) atoms. The van der Waals surface area contributed by atoms with Crippen molar-refractivity contribution < 1.29 is 4.74 Å². The van der Waals surface area contributed by atoms with Crippen molar-refractivity contribution in [1.29, 1.82) is 0 Å². The van der Waals surface area contributed by atoms with Crippen LogP contribution >= 0.6 is 0 Å². The maximum absolute atomic E-state index is 5.71. The van der Waals surface area contributed by atoms with Crippen molar-refractivity contribution in [2.75, 3.05) is 31.1 Å². The topological polar surface area (TPSA) is 51.4 Å². The highest BCUT2D eigenvalue weighted by molar-refractivity contribution is 5.47. The molecule has 1 aromatic heterocycles. The Morgan fingerprint density at radius 1 is 1.56 bits per heavy atom. The van der Waals surface area contributed by atoms with Crippen LogP contribution in [0, 0.1) is 0 Å². The van der Waals surface area contributed by atoms with Crippen LogP contribution in [0.3, 0.4) is 0 Å². The van der Waals surface area contributed by atoms with Crippen LogP contribution in [0.4, 0.5) is 5.82 Å². The lowest BCUT2D eigenvalue weighted by Crippen LogP contribution is -2.33. The number of hydrogen-bond donors (Lipinski definition) is 1. The Morgan fingerprint density at radius 3 is 3.11 bits per heavy atom. The van der Waals surface area contributed by atoms with Gasteiger partial charge in [-0.05, 0) is 44.4 Å². The van der Waals surface area contributed by atoms with Gasteiger partial charge in [0.15, 0.2) is 0 Å². The van der Waals surface area contributed by atoms with Gasteiger partial charge in [0.2, 0.25) is 0 Å². The fraction of sp³-hybridized carbons (Fsp3) is 0.643. The van der Waals surface area contributed by atoms with Crippen molar-refractivity contribution in [2.45, 2.75) is 32.3 Å². The summed E-state index contributed by atoms with van der Waals surface area (Å²) in [5, 5.41) is 0. The molecule has 4 nitrogen and oxygen atoms in total. The van der Waals surface area contributed by atoms with Crippen LogP contribution in [0.1, 0.15) is 25.3 Å². The molecule has 0 spiro atoms. The van der Waals surface area contributed by atoms with Crippen LogP contribution in [-0.4, -0.2) is 37.3 Å². The molecule has 1 atom stereocenters. The second-order valence-electron chi connectivity index (χ2n) is 4.70. The maximum Gasteiger partial charge on any atom is 0.131 e. The van der Waals surface area contributed by atoms with Gasteiger partial charge in [-0.2, -0.15) is 0 Å².